The van der Waals surface area contributed by atoms with E-state index in [1.165, 1.54) is 6.07 Å². The quantitative estimate of drug-likeness (QED) is 0.495. The number of halogens is 4. The van der Waals surface area contributed by atoms with Gasteiger partial charge >= 0.3 is 0 Å². The molecule has 1 saturated carbocycles. The van der Waals surface area contributed by atoms with Crippen molar-refractivity contribution in [3.8, 4) is 0 Å². The molecule has 2 aliphatic carbocycles. The molecule has 0 nitrogen and oxygen atoms in total. The molecule has 1 aromatic carbocycles. The number of alkyl halides is 2. The molecule has 0 amide bonds. The lowest BCUT2D eigenvalue weighted by Gasteiger charge is -2.34. The first-order chi connectivity index (χ1) is 11.9. The smallest absolute Gasteiger partial charge is 0.203 e. The minimum absolute atomic E-state index is 0. The van der Waals surface area contributed by atoms with Crippen molar-refractivity contribution in [1.29, 1.82) is 0 Å². The predicted molar refractivity (Wildman–Crippen MR) is 93.9 cm³/mol. The van der Waals surface area contributed by atoms with Gasteiger partial charge in [0.25, 0.3) is 5.92 Å². The van der Waals surface area contributed by atoms with Crippen molar-refractivity contribution >= 4 is 0 Å². The second-order valence-electron chi connectivity index (χ2n) is 7.95. The van der Waals surface area contributed by atoms with Gasteiger partial charge < -0.3 is 0 Å². The Bertz CT molecular complexity index is 621. The molecule has 2 aliphatic rings. The van der Waals surface area contributed by atoms with Crippen molar-refractivity contribution in [3.63, 3.8) is 0 Å². The number of benzene rings is 1. The molecule has 0 bridgehead atoms. The van der Waals surface area contributed by atoms with Crippen LogP contribution in [0.5, 0.6) is 0 Å². The molecule has 0 N–H and O–H groups in total. The van der Waals surface area contributed by atoms with Crippen molar-refractivity contribution in [3.05, 3.63) is 34.4 Å². The molecule has 1 fully saturated rings. The van der Waals surface area contributed by atoms with Crippen LogP contribution in [0.1, 0.15) is 76.9 Å². The van der Waals surface area contributed by atoms with Gasteiger partial charge in [0.1, 0.15) is 0 Å². The molecule has 4 heteroatoms. The van der Waals surface area contributed by atoms with Gasteiger partial charge in [-0.25, -0.2) is 17.6 Å². The third-order valence-electron chi connectivity index (χ3n) is 6.28. The Labute approximate surface area is 149 Å². The number of aryl methyl sites for hydroxylation is 1. The third-order valence-corrected chi connectivity index (χ3v) is 6.28. The van der Waals surface area contributed by atoms with E-state index in [1.54, 1.807) is 0 Å². The second kappa shape index (κ2) is 7.28. The Morgan fingerprint density at radius 2 is 1.72 bits per heavy atom. The van der Waals surface area contributed by atoms with Gasteiger partial charge in [0.15, 0.2) is 11.6 Å². The van der Waals surface area contributed by atoms with Crippen LogP contribution in [-0.2, 0) is 18.8 Å². The molecule has 1 atom stereocenters. The summed E-state index contributed by atoms with van der Waals surface area (Å²) in [4.78, 5) is 0. The van der Waals surface area contributed by atoms with Crippen LogP contribution < -0.4 is 0 Å². The maximum Gasteiger partial charge on any atom is 0.279 e. The van der Waals surface area contributed by atoms with Crippen LogP contribution in [0.15, 0.2) is 6.07 Å². The van der Waals surface area contributed by atoms with E-state index in [9.17, 15) is 17.6 Å². The Balaban J connectivity index is 0.00000243. The predicted octanol–water partition coefficient (Wildman–Crippen LogP) is 7.03. The fourth-order valence-electron chi connectivity index (χ4n) is 5.01. The SMILES string of the molecule is CCCc1cc2c(c(F)c1F)C(F)(F)C(C1CCC(CCC)CC1)C2.[HH]. The molecule has 0 radical (unpaired) electrons. The van der Waals surface area contributed by atoms with Gasteiger partial charge in [0.2, 0.25) is 0 Å². The summed E-state index contributed by atoms with van der Waals surface area (Å²) in [6.45, 7) is 4.02. The van der Waals surface area contributed by atoms with Crippen LogP contribution in [-0.4, -0.2) is 0 Å². The van der Waals surface area contributed by atoms with Crippen molar-refractivity contribution < 1.29 is 19.0 Å². The fraction of sp³-hybridized carbons (Fsp3) is 0.714. The molecular weight excluding hydrogens is 328 g/mol. The molecule has 25 heavy (non-hydrogen) atoms. The summed E-state index contributed by atoms with van der Waals surface area (Å²) in [5, 5.41) is 0. The van der Waals surface area contributed by atoms with E-state index in [-0.39, 0.29) is 19.3 Å². The van der Waals surface area contributed by atoms with Gasteiger partial charge in [-0.3, -0.25) is 0 Å². The summed E-state index contributed by atoms with van der Waals surface area (Å²) in [6.07, 6.45) is 7.05. The monoisotopic (exact) mass is 358 g/mol. The third kappa shape index (κ3) is 3.33. The Morgan fingerprint density at radius 3 is 2.32 bits per heavy atom. The average molecular weight is 358 g/mol. The van der Waals surface area contributed by atoms with Crippen LogP contribution in [0.3, 0.4) is 0 Å². The maximum atomic E-state index is 15.0. The first kappa shape index (κ1) is 18.7. The maximum absolute atomic E-state index is 15.0. The summed E-state index contributed by atoms with van der Waals surface area (Å²) in [5.74, 6) is -5.97. The summed E-state index contributed by atoms with van der Waals surface area (Å²) in [6, 6.07) is 1.49. The highest BCUT2D eigenvalue weighted by Gasteiger charge is 2.54. The average Bonchev–Trinajstić information content (AvgIpc) is 2.84. The lowest BCUT2D eigenvalue weighted by atomic mass is 9.73. The zero-order valence-corrected chi connectivity index (χ0v) is 15.2. The Morgan fingerprint density at radius 1 is 1.04 bits per heavy atom. The van der Waals surface area contributed by atoms with Crippen molar-refractivity contribution in [1.82, 2.24) is 0 Å². The van der Waals surface area contributed by atoms with E-state index >= 15 is 0 Å². The molecule has 1 unspecified atom stereocenters. The summed E-state index contributed by atoms with van der Waals surface area (Å²) in [7, 11) is 0. The largest absolute Gasteiger partial charge is 0.279 e. The van der Waals surface area contributed by atoms with Gasteiger partial charge in [-0.05, 0) is 48.6 Å². The van der Waals surface area contributed by atoms with Crippen LogP contribution in [0.4, 0.5) is 17.6 Å². The van der Waals surface area contributed by atoms with Crippen LogP contribution in [0, 0.1) is 29.4 Å². The van der Waals surface area contributed by atoms with Gasteiger partial charge in [-0.15, -0.1) is 0 Å². The standard InChI is InChI=1S/C21H28F4.H2/c1-3-5-13-7-9-14(10-8-13)17-12-16-11-15(6-4-2)19(22)20(23)18(16)21(17,24)25;/h11,13-14,17H,3-10,12H2,1-2H3;1H. The highest BCUT2D eigenvalue weighted by atomic mass is 19.3. The molecule has 3 rings (SSSR count). The minimum atomic E-state index is -3.26. The molecule has 0 aromatic heterocycles. The van der Waals surface area contributed by atoms with Crippen molar-refractivity contribution in [2.45, 2.75) is 77.6 Å². The first-order valence-corrected chi connectivity index (χ1v) is 9.78. The second-order valence-corrected chi connectivity index (χ2v) is 7.95. The van der Waals surface area contributed by atoms with Crippen LogP contribution >= 0.6 is 0 Å². The highest BCUT2D eigenvalue weighted by Crippen LogP contribution is 2.54. The molecule has 0 spiro atoms. The molecule has 0 saturated heterocycles. The number of rotatable bonds is 5. The van der Waals surface area contributed by atoms with Crippen LogP contribution in [0.25, 0.3) is 0 Å². The Hall–Kier alpha value is -1.06. The van der Waals surface area contributed by atoms with Crippen molar-refractivity contribution in [2.24, 2.45) is 17.8 Å². The number of hydrogen-bond donors (Lipinski definition) is 0. The zero-order chi connectivity index (χ0) is 18.2. The summed E-state index contributed by atoms with van der Waals surface area (Å²) < 4.78 is 58.6. The lowest BCUT2D eigenvalue weighted by Crippen LogP contribution is -2.31. The van der Waals surface area contributed by atoms with E-state index < -0.39 is 29.0 Å². The van der Waals surface area contributed by atoms with Crippen molar-refractivity contribution in [2.75, 3.05) is 0 Å². The summed E-state index contributed by atoms with van der Waals surface area (Å²) >= 11 is 0. The first-order valence-electron chi connectivity index (χ1n) is 9.78. The van der Waals surface area contributed by atoms with Gasteiger partial charge in [-0.2, -0.15) is 0 Å². The highest BCUT2D eigenvalue weighted by molar-refractivity contribution is 5.42. The molecule has 142 valence electrons. The normalized spacial score (nSPS) is 28.2. The molecule has 0 heterocycles. The van der Waals surface area contributed by atoms with E-state index in [2.05, 4.69) is 6.92 Å². The van der Waals surface area contributed by atoms with E-state index in [4.69, 9.17) is 0 Å². The molecule has 0 aliphatic heterocycles. The van der Waals surface area contributed by atoms with Gasteiger partial charge in [0.05, 0.1) is 5.56 Å². The van der Waals surface area contributed by atoms with E-state index in [0.717, 1.165) is 38.5 Å². The van der Waals surface area contributed by atoms with E-state index in [0.29, 0.717) is 24.3 Å². The van der Waals surface area contributed by atoms with Gasteiger partial charge in [0, 0.05) is 7.34 Å². The Kier molecular flexibility index (Phi) is 5.45. The molecular formula is C21H30F4. The molecule has 1 aromatic rings. The topological polar surface area (TPSA) is 0 Å². The van der Waals surface area contributed by atoms with Crippen LogP contribution in [0.2, 0.25) is 0 Å². The van der Waals surface area contributed by atoms with E-state index in [1.807, 2.05) is 6.92 Å². The van der Waals surface area contributed by atoms with Gasteiger partial charge in [-0.1, -0.05) is 52.0 Å². The summed E-state index contributed by atoms with van der Waals surface area (Å²) in [5.41, 5.74) is -0.0968. The number of hydrogen-bond acceptors (Lipinski definition) is 0. The lowest BCUT2D eigenvalue weighted by molar-refractivity contribution is -0.0843. The zero-order valence-electron chi connectivity index (χ0n) is 15.2. The number of fused-ring (bicyclic) bond motifs is 1. The fourth-order valence-corrected chi connectivity index (χ4v) is 5.01. The minimum Gasteiger partial charge on any atom is -0.203 e.